The second-order valence-corrected chi connectivity index (χ2v) is 12.9. The van der Waals surface area contributed by atoms with Gasteiger partial charge in [0.25, 0.3) is 0 Å². The van der Waals surface area contributed by atoms with Crippen molar-refractivity contribution in [3.8, 4) is 11.5 Å². The first-order chi connectivity index (χ1) is 11.6. The number of hydrogen-bond acceptors (Lipinski definition) is 4. The molecule has 0 radical (unpaired) electrons. The SMILES string of the molecule is CC(C(=O)O)C1(Nc2nc(Cl)ncc2C#C[Si](C)(C)C)CCCCC1. The molecule has 5 nitrogen and oxygen atoms in total. The molecule has 2 rings (SSSR count). The minimum atomic E-state index is -1.56. The van der Waals surface area contributed by atoms with E-state index in [1.807, 2.05) is 0 Å². The van der Waals surface area contributed by atoms with Crippen molar-refractivity contribution >= 4 is 31.5 Å². The summed E-state index contributed by atoms with van der Waals surface area (Å²) < 4.78 is 0. The molecule has 136 valence electrons. The highest BCUT2D eigenvalue weighted by molar-refractivity contribution is 6.83. The summed E-state index contributed by atoms with van der Waals surface area (Å²) >= 11 is 5.99. The van der Waals surface area contributed by atoms with Gasteiger partial charge in [-0.1, -0.05) is 44.8 Å². The average Bonchev–Trinajstić information content (AvgIpc) is 2.53. The van der Waals surface area contributed by atoms with Gasteiger partial charge in [-0.25, -0.2) is 4.98 Å². The third-order valence-electron chi connectivity index (χ3n) is 4.64. The summed E-state index contributed by atoms with van der Waals surface area (Å²) in [5.41, 5.74) is 3.45. The zero-order valence-electron chi connectivity index (χ0n) is 15.3. The Labute approximate surface area is 155 Å². The summed E-state index contributed by atoms with van der Waals surface area (Å²) in [5.74, 6) is 2.39. The predicted octanol–water partition coefficient (Wildman–Crippen LogP) is 4.19. The van der Waals surface area contributed by atoms with E-state index in [2.05, 4.69) is 46.4 Å². The summed E-state index contributed by atoms with van der Waals surface area (Å²) in [4.78, 5) is 20.0. The summed E-state index contributed by atoms with van der Waals surface area (Å²) in [6.07, 6.45) is 6.33. The van der Waals surface area contributed by atoms with Gasteiger partial charge in [0, 0.05) is 6.20 Å². The minimum Gasteiger partial charge on any atom is -0.481 e. The Kier molecular flexibility index (Phi) is 6.12. The van der Waals surface area contributed by atoms with Crippen LogP contribution < -0.4 is 5.32 Å². The fraction of sp³-hybridized carbons (Fsp3) is 0.611. The summed E-state index contributed by atoms with van der Waals surface area (Å²) in [6.45, 7) is 8.26. The molecule has 1 heterocycles. The van der Waals surface area contributed by atoms with Crippen LogP contribution in [0.5, 0.6) is 0 Å². The van der Waals surface area contributed by atoms with Crippen LogP contribution in [0.25, 0.3) is 0 Å². The first-order valence-electron chi connectivity index (χ1n) is 8.70. The molecule has 1 aliphatic carbocycles. The van der Waals surface area contributed by atoms with E-state index in [9.17, 15) is 9.90 Å². The quantitative estimate of drug-likeness (QED) is 0.466. The molecule has 1 aliphatic rings. The largest absolute Gasteiger partial charge is 0.481 e. The summed E-state index contributed by atoms with van der Waals surface area (Å²) in [7, 11) is -1.56. The van der Waals surface area contributed by atoms with E-state index in [4.69, 9.17) is 11.6 Å². The zero-order valence-corrected chi connectivity index (χ0v) is 17.1. The van der Waals surface area contributed by atoms with Crippen LogP contribution in [-0.4, -0.2) is 34.7 Å². The van der Waals surface area contributed by atoms with Gasteiger partial charge in [-0.2, -0.15) is 4.98 Å². The second kappa shape index (κ2) is 7.75. The molecule has 1 atom stereocenters. The zero-order chi connectivity index (χ0) is 18.7. The highest BCUT2D eigenvalue weighted by Crippen LogP contribution is 2.38. The van der Waals surface area contributed by atoms with E-state index in [1.54, 1.807) is 13.1 Å². The van der Waals surface area contributed by atoms with Crippen molar-refractivity contribution in [3.05, 3.63) is 17.0 Å². The monoisotopic (exact) mass is 379 g/mol. The van der Waals surface area contributed by atoms with E-state index < -0.39 is 25.5 Å². The molecule has 0 spiro atoms. The number of aromatic nitrogens is 2. The van der Waals surface area contributed by atoms with E-state index in [0.717, 1.165) is 32.1 Å². The van der Waals surface area contributed by atoms with E-state index >= 15 is 0 Å². The smallest absolute Gasteiger partial charge is 0.308 e. The summed E-state index contributed by atoms with van der Waals surface area (Å²) in [5, 5.41) is 13.1. The van der Waals surface area contributed by atoms with Gasteiger partial charge in [0.2, 0.25) is 5.28 Å². The summed E-state index contributed by atoms with van der Waals surface area (Å²) in [6, 6.07) is 0. The molecule has 2 N–H and O–H groups in total. The number of carboxylic acids is 1. The predicted molar refractivity (Wildman–Crippen MR) is 104 cm³/mol. The Hall–Kier alpha value is -1.58. The first kappa shape index (κ1) is 19.7. The highest BCUT2D eigenvalue weighted by atomic mass is 35.5. The van der Waals surface area contributed by atoms with Gasteiger partial charge in [0.1, 0.15) is 13.9 Å². The number of carboxylic acid groups (broad SMARTS) is 1. The highest BCUT2D eigenvalue weighted by Gasteiger charge is 2.41. The lowest BCUT2D eigenvalue weighted by molar-refractivity contribution is -0.143. The number of anilines is 1. The molecule has 7 heteroatoms. The molecule has 0 aliphatic heterocycles. The Morgan fingerprint density at radius 1 is 1.36 bits per heavy atom. The Balaban J connectivity index is 2.43. The van der Waals surface area contributed by atoms with Gasteiger partial charge in [0.15, 0.2) is 0 Å². The van der Waals surface area contributed by atoms with Crippen LogP contribution in [0.1, 0.15) is 44.6 Å². The molecule has 0 amide bonds. The number of nitrogens with zero attached hydrogens (tertiary/aromatic N) is 2. The Morgan fingerprint density at radius 3 is 2.56 bits per heavy atom. The molecule has 0 saturated heterocycles. The maximum Gasteiger partial charge on any atom is 0.308 e. The van der Waals surface area contributed by atoms with Crippen molar-refractivity contribution in [2.24, 2.45) is 5.92 Å². The molecule has 1 aromatic rings. The molecule has 1 fully saturated rings. The molecule has 25 heavy (non-hydrogen) atoms. The van der Waals surface area contributed by atoms with Crippen molar-refractivity contribution in [3.63, 3.8) is 0 Å². The van der Waals surface area contributed by atoms with Crippen LogP contribution in [0.4, 0.5) is 5.82 Å². The first-order valence-corrected chi connectivity index (χ1v) is 12.6. The van der Waals surface area contributed by atoms with Gasteiger partial charge >= 0.3 is 5.97 Å². The standard InChI is InChI=1S/C18H26ClN3O2Si/c1-13(16(23)24)18(9-6-5-7-10-18)22-15-14(8-11-25(2,3)4)12-20-17(19)21-15/h12-13H,5-7,9-10H2,1-4H3,(H,23,24)(H,20,21,22). The van der Waals surface area contributed by atoms with Crippen LogP contribution in [0.2, 0.25) is 24.9 Å². The number of halogens is 1. The Bertz CT molecular complexity index is 700. The van der Waals surface area contributed by atoms with Crippen LogP contribution in [0, 0.1) is 17.4 Å². The van der Waals surface area contributed by atoms with Crippen LogP contribution in [0.3, 0.4) is 0 Å². The lowest BCUT2D eigenvalue weighted by Crippen LogP contribution is -2.49. The van der Waals surface area contributed by atoms with Crippen LogP contribution in [0.15, 0.2) is 6.20 Å². The number of rotatable bonds is 4. The maximum atomic E-state index is 11.7. The van der Waals surface area contributed by atoms with Crippen LogP contribution >= 0.6 is 11.6 Å². The normalized spacial score (nSPS) is 18.0. The maximum absolute atomic E-state index is 11.7. The fourth-order valence-electron chi connectivity index (χ4n) is 3.12. The molecular formula is C18H26ClN3O2Si. The number of nitrogens with one attached hydrogen (secondary N) is 1. The van der Waals surface area contributed by atoms with Gasteiger partial charge in [-0.15, -0.1) is 5.54 Å². The van der Waals surface area contributed by atoms with Crippen molar-refractivity contribution in [1.82, 2.24) is 9.97 Å². The average molecular weight is 380 g/mol. The van der Waals surface area contributed by atoms with Crippen molar-refractivity contribution < 1.29 is 9.90 Å². The number of hydrogen-bond donors (Lipinski definition) is 2. The van der Waals surface area contributed by atoms with Crippen molar-refractivity contribution in [1.29, 1.82) is 0 Å². The van der Waals surface area contributed by atoms with Crippen LogP contribution in [-0.2, 0) is 4.79 Å². The van der Waals surface area contributed by atoms with E-state index in [-0.39, 0.29) is 5.28 Å². The van der Waals surface area contributed by atoms with Gasteiger partial charge < -0.3 is 10.4 Å². The molecule has 0 bridgehead atoms. The lowest BCUT2D eigenvalue weighted by atomic mass is 9.73. The molecule has 0 aromatic carbocycles. The molecular weight excluding hydrogens is 354 g/mol. The topological polar surface area (TPSA) is 75.1 Å². The fourth-order valence-corrected chi connectivity index (χ4v) is 3.77. The minimum absolute atomic E-state index is 0.134. The Morgan fingerprint density at radius 2 is 2.00 bits per heavy atom. The third kappa shape index (κ3) is 5.19. The number of aliphatic carboxylic acids is 1. The molecule has 1 unspecified atom stereocenters. The van der Waals surface area contributed by atoms with Gasteiger partial charge in [-0.3, -0.25) is 4.79 Å². The third-order valence-corrected chi connectivity index (χ3v) is 5.70. The van der Waals surface area contributed by atoms with Gasteiger partial charge in [0.05, 0.1) is 17.0 Å². The molecule has 1 aromatic heterocycles. The number of carbonyl (C=O) groups is 1. The van der Waals surface area contributed by atoms with Gasteiger partial charge in [-0.05, 0) is 31.4 Å². The van der Waals surface area contributed by atoms with E-state index in [0.29, 0.717) is 11.4 Å². The second-order valence-electron chi connectivity index (χ2n) is 7.80. The van der Waals surface area contributed by atoms with E-state index in [1.165, 1.54) is 0 Å². The molecule has 1 saturated carbocycles. The van der Waals surface area contributed by atoms with Crippen molar-refractivity contribution in [2.45, 2.75) is 64.2 Å². The van der Waals surface area contributed by atoms with Crippen molar-refractivity contribution in [2.75, 3.05) is 5.32 Å². The lowest BCUT2D eigenvalue weighted by Gasteiger charge is -2.41.